The van der Waals surface area contributed by atoms with E-state index in [9.17, 15) is 12.8 Å². The van der Waals surface area contributed by atoms with Crippen LogP contribution in [-0.4, -0.2) is 8.42 Å². The third kappa shape index (κ3) is 3.24. The van der Waals surface area contributed by atoms with Gasteiger partial charge in [0, 0.05) is 6.07 Å². The fraction of sp³-hybridized carbons (Fsp3) is 0.0769. The molecular formula is C13H10ClFO3S. The van der Waals surface area contributed by atoms with E-state index in [0.717, 1.165) is 17.7 Å². The molecule has 0 unspecified atom stereocenters. The Bertz CT molecular complexity index is 696. The highest BCUT2D eigenvalue weighted by Gasteiger charge is 2.17. The van der Waals surface area contributed by atoms with Crippen LogP contribution in [0.5, 0.6) is 5.75 Å². The lowest BCUT2D eigenvalue weighted by atomic mass is 10.2. The van der Waals surface area contributed by atoms with Crippen molar-refractivity contribution in [1.29, 1.82) is 0 Å². The van der Waals surface area contributed by atoms with Crippen molar-refractivity contribution in [2.45, 2.75) is 11.8 Å². The Balaban J connectivity index is 2.30. The molecule has 2 aromatic carbocycles. The SMILES string of the molecule is Cc1ccc(S(=O)(=O)Oc2ccc(F)c(Cl)c2)cc1. The van der Waals surface area contributed by atoms with Crippen molar-refractivity contribution in [2.75, 3.05) is 0 Å². The molecule has 0 aromatic heterocycles. The molecule has 3 nitrogen and oxygen atoms in total. The van der Waals surface area contributed by atoms with Gasteiger partial charge in [0.05, 0.1) is 5.02 Å². The number of hydrogen-bond donors (Lipinski definition) is 0. The van der Waals surface area contributed by atoms with E-state index in [0.29, 0.717) is 0 Å². The summed E-state index contributed by atoms with van der Waals surface area (Å²) in [7, 11) is -3.94. The van der Waals surface area contributed by atoms with Crippen LogP contribution in [0.25, 0.3) is 0 Å². The van der Waals surface area contributed by atoms with Gasteiger partial charge in [-0.05, 0) is 31.2 Å². The molecule has 0 aliphatic rings. The summed E-state index contributed by atoms with van der Waals surface area (Å²) in [5.74, 6) is -0.672. The quantitative estimate of drug-likeness (QED) is 0.814. The van der Waals surface area contributed by atoms with Crippen molar-refractivity contribution >= 4 is 21.7 Å². The second kappa shape index (κ2) is 5.19. The molecule has 100 valence electrons. The molecule has 2 aromatic rings. The number of benzene rings is 2. The molecule has 0 aliphatic heterocycles. The number of hydrogen-bond acceptors (Lipinski definition) is 3. The molecule has 0 bridgehead atoms. The van der Waals surface area contributed by atoms with Crippen LogP contribution in [-0.2, 0) is 10.1 Å². The Labute approximate surface area is 115 Å². The van der Waals surface area contributed by atoms with E-state index in [1.54, 1.807) is 12.1 Å². The van der Waals surface area contributed by atoms with Crippen molar-refractivity contribution in [2.24, 2.45) is 0 Å². The van der Waals surface area contributed by atoms with Crippen LogP contribution in [0.2, 0.25) is 5.02 Å². The molecule has 0 atom stereocenters. The topological polar surface area (TPSA) is 43.4 Å². The molecular weight excluding hydrogens is 291 g/mol. The van der Waals surface area contributed by atoms with Gasteiger partial charge in [-0.3, -0.25) is 0 Å². The van der Waals surface area contributed by atoms with Gasteiger partial charge in [0.15, 0.2) is 0 Å². The van der Waals surface area contributed by atoms with Gasteiger partial charge in [-0.25, -0.2) is 4.39 Å². The zero-order valence-electron chi connectivity index (χ0n) is 9.93. The molecule has 0 radical (unpaired) electrons. The number of halogens is 2. The van der Waals surface area contributed by atoms with Crippen LogP contribution in [0, 0.1) is 12.7 Å². The molecule has 6 heteroatoms. The van der Waals surface area contributed by atoms with Crippen LogP contribution in [0.4, 0.5) is 4.39 Å². The first kappa shape index (κ1) is 13.8. The molecule has 0 N–H and O–H groups in total. The second-order valence-electron chi connectivity index (χ2n) is 3.93. The fourth-order valence-corrected chi connectivity index (χ4v) is 2.50. The highest BCUT2D eigenvalue weighted by molar-refractivity contribution is 7.87. The summed E-state index contributed by atoms with van der Waals surface area (Å²) in [6, 6.07) is 9.56. The minimum atomic E-state index is -3.94. The van der Waals surface area contributed by atoms with E-state index in [4.69, 9.17) is 15.8 Å². The third-order valence-corrected chi connectivity index (χ3v) is 3.96. The Hall–Kier alpha value is -1.59. The van der Waals surface area contributed by atoms with Crippen LogP contribution in [0.15, 0.2) is 47.4 Å². The summed E-state index contributed by atoms with van der Waals surface area (Å²) in [6.45, 7) is 1.84. The highest BCUT2D eigenvalue weighted by atomic mass is 35.5. The van der Waals surface area contributed by atoms with Gasteiger partial charge in [-0.15, -0.1) is 0 Å². The maximum Gasteiger partial charge on any atom is 0.339 e. The fourth-order valence-electron chi connectivity index (χ4n) is 1.41. The van der Waals surface area contributed by atoms with Crippen LogP contribution < -0.4 is 4.18 Å². The standard InChI is InChI=1S/C13H10ClFO3S/c1-9-2-5-11(6-3-9)19(16,17)18-10-4-7-13(15)12(14)8-10/h2-8H,1H3. The molecule has 0 heterocycles. The predicted molar refractivity (Wildman–Crippen MR) is 70.4 cm³/mol. The summed E-state index contributed by atoms with van der Waals surface area (Å²) in [5.41, 5.74) is 0.934. The van der Waals surface area contributed by atoms with E-state index in [2.05, 4.69) is 0 Å². The molecule has 0 fully saturated rings. The summed E-state index contributed by atoms with van der Waals surface area (Å²) in [5, 5.41) is -0.198. The number of rotatable bonds is 3. The van der Waals surface area contributed by atoms with Gasteiger partial charge in [0.1, 0.15) is 16.5 Å². The maximum atomic E-state index is 13.0. The van der Waals surface area contributed by atoms with Gasteiger partial charge in [0.25, 0.3) is 0 Å². The monoisotopic (exact) mass is 300 g/mol. The van der Waals surface area contributed by atoms with Crippen molar-refractivity contribution in [3.05, 3.63) is 58.9 Å². The molecule has 0 saturated carbocycles. The Kier molecular flexibility index (Phi) is 3.78. The largest absolute Gasteiger partial charge is 0.379 e. The molecule has 19 heavy (non-hydrogen) atoms. The summed E-state index contributed by atoms with van der Waals surface area (Å²) in [4.78, 5) is 0.0264. The van der Waals surface area contributed by atoms with Gasteiger partial charge in [-0.1, -0.05) is 29.3 Å². The van der Waals surface area contributed by atoms with E-state index in [1.165, 1.54) is 18.2 Å². The maximum absolute atomic E-state index is 13.0. The first-order valence-electron chi connectivity index (χ1n) is 5.35. The van der Waals surface area contributed by atoms with Crippen molar-refractivity contribution in [3.8, 4) is 5.75 Å². The molecule has 0 saturated heterocycles. The predicted octanol–water partition coefficient (Wildman–Crippen LogP) is 3.56. The minimum Gasteiger partial charge on any atom is -0.379 e. The molecule has 2 rings (SSSR count). The molecule has 0 spiro atoms. The molecule has 0 aliphatic carbocycles. The first-order chi connectivity index (χ1) is 8.88. The van der Waals surface area contributed by atoms with E-state index >= 15 is 0 Å². The Morgan fingerprint density at radius 1 is 1.11 bits per heavy atom. The second-order valence-corrected chi connectivity index (χ2v) is 5.88. The average molecular weight is 301 g/mol. The smallest absolute Gasteiger partial charge is 0.339 e. The van der Waals surface area contributed by atoms with Crippen LogP contribution in [0.3, 0.4) is 0 Å². The van der Waals surface area contributed by atoms with Gasteiger partial charge in [0.2, 0.25) is 0 Å². The zero-order valence-corrected chi connectivity index (χ0v) is 11.5. The normalized spacial score (nSPS) is 11.3. The lowest BCUT2D eigenvalue weighted by Gasteiger charge is -2.07. The van der Waals surface area contributed by atoms with Crippen molar-refractivity contribution in [1.82, 2.24) is 0 Å². The van der Waals surface area contributed by atoms with Crippen LogP contribution in [0.1, 0.15) is 5.56 Å². The van der Waals surface area contributed by atoms with Crippen molar-refractivity contribution < 1.29 is 17.0 Å². The van der Waals surface area contributed by atoms with Crippen LogP contribution >= 0.6 is 11.6 Å². The average Bonchev–Trinajstić information content (AvgIpc) is 2.34. The lowest BCUT2D eigenvalue weighted by Crippen LogP contribution is -2.09. The number of aryl methyl sites for hydroxylation is 1. The lowest BCUT2D eigenvalue weighted by molar-refractivity contribution is 0.485. The van der Waals surface area contributed by atoms with E-state index in [1.807, 2.05) is 6.92 Å². The molecule has 0 amide bonds. The van der Waals surface area contributed by atoms with Gasteiger partial charge in [-0.2, -0.15) is 8.42 Å². The van der Waals surface area contributed by atoms with Gasteiger partial charge >= 0.3 is 10.1 Å². The summed E-state index contributed by atoms with van der Waals surface area (Å²) < 4.78 is 41.7. The zero-order chi connectivity index (χ0) is 14.0. The summed E-state index contributed by atoms with van der Waals surface area (Å²) in [6.07, 6.45) is 0. The van der Waals surface area contributed by atoms with Crippen molar-refractivity contribution in [3.63, 3.8) is 0 Å². The van der Waals surface area contributed by atoms with E-state index in [-0.39, 0.29) is 15.7 Å². The first-order valence-corrected chi connectivity index (χ1v) is 7.13. The van der Waals surface area contributed by atoms with E-state index < -0.39 is 15.9 Å². The summed E-state index contributed by atoms with van der Waals surface area (Å²) >= 11 is 5.56. The Morgan fingerprint density at radius 3 is 2.32 bits per heavy atom. The Morgan fingerprint density at radius 2 is 1.74 bits per heavy atom. The minimum absolute atomic E-state index is 0.0264. The van der Waals surface area contributed by atoms with Gasteiger partial charge < -0.3 is 4.18 Å². The third-order valence-electron chi connectivity index (χ3n) is 2.41. The highest BCUT2D eigenvalue weighted by Crippen LogP contribution is 2.24.